The van der Waals surface area contributed by atoms with Gasteiger partial charge in [-0.3, -0.25) is 24.0 Å². The number of benzene rings is 4. The Kier molecular flexibility index (Phi) is 19.1. The number of aliphatic hydroxyl groups is 1. The van der Waals surface area contributed by atoms with Gasteiger partial charge in [-0.2, -0.15) is 0 Å². The van der Waals surface area contributed by atoms with E-state index in [0.29, 0.717) is 47.5 Å². The lowest BCUT2D eigenvalue weighted by atomic mass is 9.83. The molecule has 0 saturated heterocycles. The highest BCUT2D eigenvalue weighted by Gasteiger charge is 2.37. The van der Waals surface area contributed by atoms with Crippen molar-refractivity contribution in [2.75, 3.05) is 6.54 Å². The molecule has 378 valence electrons. The summed E-state index contributed by atoms with van der Waals surface area (Å²) in [7, 11) is 0. The van der Waals surface area contributed by atoms with Crippen LogP contribution in [0.2, 0.25) is 0 Å². The number of carbonyl (C=O) groups is 7. The van der Waals surface area contributed by atoms with Crippen molar-refractivity contribution < 1.29 is 52.9 Å². The van der Waals surface area contributed by atoms with Gasteiger partial charge < -0.3 is 51.2 Å². The second kappa shape index (κ2) is 25.5. The fraction of sp³-hybridized carbons (Fsp3) is 0.426. The first kappa shape index (κ1) is 53.1. The Bertz CT molecular complexity index is 2440. The lowest BCUT2D eigenvalue weighted by molar-refractivity contribution is -0.149. The van der Waals surface area contributed by atoms with Crippen LogP contribution in [0.5, 0.6) is 11.5 Å². The number of amides is 6. The molecule has 0 spiro atoms. The zero-order valence-corrected chi connectivity index (χ0v) is 40.7. The van der Waals surface area contributed by atoms with Crippen molar-refractivity contribution in [3.8, 4) is 11.5 Å². The Morgan fingerprint density at radius 3 is 2.14 bits per heavy atom. The third-order valence-electron chi connectivity index (χ3n) is 12.2. The van der Waals surface area contributed by atoms with Gasteiger partial charge in [-0.1, -0.05) is 118 Å². The van der Waals surface area contributed by atoms with Gasteiger partial charge in [0, 0.05) is 12.8 Å². The van der Waals surface area contributed by atoms with E-state index < -0.39 is 90.1 Å². The Labute approximate surface area is 414 Å². The quantitative estimate of drug-likeness (QED) is 0.0747. The van der Waals surface area contributed by atoms with E-state index >= 15 is 0 Å². The monoisotopic (exact) mass is 974 g/mol. The summed E-state index contributed by atoms with van der Waals surface area (Å²) in [5.74, 6) is -3.76. The number of alkyl carbamates (subject to hydrolysis) is 1. The van der Waals surface area contributed by atoms with Gasteiger partial charge in [-0.05, 0) is 92.5 Å². The van der Waals surface area contributed by atoms with Crippen LogP contribution in [0, 0.1) is 5.92 Å². The van der Waals surface area contributed by atoms with Crippen LogP contribution in [0.15, 0.2) is 109 Å². The van der Waals surface area contributed by atoms with Crippen LogP contribution in [0.3, 0.4) is 0 Å². The van der Waals surface area contributed by atoms with Crippen molar-refractivity contribution in [1.82, 2.24) is 31.9 Å². The largest absolute Gasteiger partial charge is 0.459 e. The highest BCUT2D eigenvalue weighted by Crippen LogP contribution is 2.28. The number of hydrogen-bond acceptors (Lipinski definition) is 11. The molecule has 3 aliphatic rings. The average Bonchev–Trinajstić information content (AvgIpc) is 3.35. The molecular formula is C54H66N6O11. The van der Waals surface area contributed by atoms with Crippen molar-refractivity contribution in [2.45, 2.75) is 134 Å². The lowest BCUT2D eigenvalue weighted by Crippen LogP contribution is -2.61. The van der Waals surface area contributed by atoms with E-state index in [-0.39, 0.29) is 31.8 Å². The molecule has 1 aliphatic carbocycles. The van der Waals surface area contributed by atoms with Crippen LogP contribution in [0.4, 0.5) is 4.79 Å². The molecule has 2 heterocycles. The topological polar surface area (TPSA) is 240 Å². The predicted octanol–water partition coefficient (Wildman–Crippen LogP) is 5.38. The number of hydrogen-bond donors (Lipinski definition) is 7. The van der Waals surface area contributed by atoms with E-state index in [9.17, 15) is 38.7 Å². The van der Waals surface area contributed by atoms with E-state index in [4.69, 9.17) is 14.2 Å². The number of nitrogens with one attached hydrogen (secondary N) is 6. The molecule has 7 rings (SSSR count). The minimum absolute atomic E-state index is 0.0281. The second-order valence-electron chi connectivity index (χ2n) is 19.0. The molecule has 4 aromatic rings. The normalized spacial score (nSPS) is 18.9. The van der Waals surface area contributed by atoms with E-state index in [2.05, 4.69) is 31.9 Å². The van der Waals surface area contributed by atoms with Gasteiger partial charge in [0.05, 0.1) is 12.6 Å². The third kappa shape index (κ3) is 16.4. The minimum atomic E-state index is -1.84. The first-order valence-corrected chi connectivity index (χ1v) is 24.3. The predicted molar refractivity (Wildman–Crippen MR) is 263 cm³/mol. The zero-order chi connectivity index (χ0) is 50.9. The number of aliphatic hydroxyl groups excluding tert-OH is 1. The SMILES string of the molecule is CCCC(NC(=O)[C@@H]1Cc2cccc(c2)Oc2ccc(cc2)C[C@H](NC(=O)OC(C)(C)C)C(=O)N[C@@H](C2CCCCC2)C(=O)N1)C(O)C(=O)NCC(=O)N[C@H](C(=O)OCc1ccccc1)c1ccccc1. The number of rotatable bonds is 15. The van der Waals surface area contributed by atoms with Crippen LogP contribution in [0.25, 0.3) is 0 Å². The minimum Gasteiger partial charge on any atom is -0.459 e. The Balaban J connectivity index is 1.20. The number of esters is 1. The summed E-state index contributed by atoms with van der Waals surface area (Å²) in [4.78, 5) is 96.7. The van der Waals surface area contributed by atoms with Gasteiger partial charge in [0.15, 0.2) is 12.1 Å². The maximum Gasteiger partial charge on any atom is 0.408 e. The maximum atomic E-state index is 14.6. The number of carbonyl (C=O) groups excluding carboxylic acids is 7. The molecule has 4 aromatic carbocycles. The summed E-state index contributed by atoms with van der Waals surface area (Å²) in [6.45, 7) is 6.27. The second-order valence-corrected chi connectivity index (χ2v) is 19.0. The van der Waals surface area contributed by atoms with Crippen LogP contribution in [-0.2, 0) is 57.7 Å². The van der Waals surface area contributed by atoms with Crippen LogP contribution >= 0.6 is 0 Å². The molecule has 7 N–H and O–H groups in total. The van der Waals surface area contributed by atoms with Crippen molar-refractivity contribution in [3.05, 3.63) is 131 Å². The smallest absolute Gasteiger partial charge is 0.408 e. The van der Waals surface area contributed by atoms with Crippen molar-refractivity contribution in [2.24, 2.45) is 5.92 Å². The molecule has 6 amide bonds. The van der Waals surface area contributed by atoms with Crippen molar-refractivity contribution in [1.29, 1.82) is 0 Å². The van der Waals surface area contributed by atoms with E-state index in [1.807, 2.05) is 18.2 Å². The third-order valence-corrected chi connectivity index (χ3v) is 12.2. The summed E-state index contributed by atoms with van der Waals surface area (Å²) in [6, 6.07) is 25.6. The van der Waals surface area contributed by atoms with Gasteiger partial charge in [0.2, 0.25) is 23.6 Å². The molecule has 4 bridgehead atoms. The molecule has 2 aliphatic heterocycles. The number of fused-ring (bicyclic) bond motifs is 10. The maximum absolute atomic E-state index is 14.6. The van der Waals surface area contributed by atoms with Crippen LogP contribution in [-0.4, -0.2) is 89.1 Å². The van der Waals surface area contributed by atoms with Crippen molar-refractivity contribution in [3.63, 3.8) is 0 Å². The summed E-state index contributed by atoms with van der Waals surface area (Å²) >= 11 is 0. The molecule has 0 radical (unpaired) electrons. The summed E-state index contributed by atoms with van der Waals surface area (Å²) < 4.78 is 17.2. The highest BCUT2D eigenvalue weighted by molar-refractivity contribution is 5.95. The molecule has 17 heteroatoms. The average molecular weight is 975 g/mol. The fourth-order valence-corrected chi connectivity index (χ4v) is 8.59. The summed E-state index contributed by atoms with van der Waals surface area (Å²) in [5, 5.41) is 27.8. The van der Waals surface area contributed by atoms with Gasteiger partial charge >= 0.3 is 12.1 Å². The van der Waals surface area contributed by atoms with Gasteiger partial charge in [0.25, 0.3) is 5.91 Å². The molecule has 1 saturated carbocycles. The standard InChI is InChI=1S/C54H66N6O11/c1-5-16-41(47(62)51(66)55-32-44(61)59-46(38-22-13-8-14-23-38)52(67)69-33-35-17-9-6-10-18-35)56-48(63)42-31-36-19-15-24-40(29-36)70-39-27-25-34(26-28-39)30-43(58-53(68)71-54(2,3)4)49(64)60-45(50(65)57-42)37-20-11-7-12-21-37/h6,8-10,13-15,17-19,22-29,37,41-43,45-47,62H,5,7,11-12,16,20-21,30-33H2,1-4H3,(H,55,66)(H,56,63)(H,57,65)(H,58,68)(H,59,61)(H,60,64)/t41?,42-,43-,45-,46-,47?/m0/s1. The summed E-state index contributed by atoms with van der Waals surface area (Å²) in [6.07, 6.45) is 1.76. The first-order chi connectivity index (χ1) is 34.0. The Morgan fingerprint density at radius 2 is 1.46 bits per heavy atom. The molecule has 71 heavy (non-hydrogen) atoms. The molecule has 0 aromatic heterocycles. The van der Waals surface area contributed by atoms with E-state index in [1.54, 1.807) is 119 Å². The van der Waals surface area contributed by atoms with Gasteiger partial charge in [-0.25, -0.2) is 9.59 Å². The summed E-state index contributed by atoms with van der Waals surface area (Å²) in [5.41, 5.74) is 1.66. The van der Waals surface area contributed by atoms with E-state index in [1.165, 1.54) is 0 Å². The molecule has 17 nitrogen and oxygen atoms in total. The highest BCUT2D eigenvalue weighted by atomic mass is 16.6. The number of ether oxygens (including phenoxy) is 3. The lowest BCUT2D eigenvalue weighted by Gasteiger charge is -2.33. The van der Waals surface area contributed by atoms with Gasteiger partial charge in [0.1, 0.15) is 41.8 Å². The van der Waals surface area contributed by atoms with Crippen molar-refractivity contribution >= 4 is 41.6 Å². The van der Waals surface area contributed by atoms with Gasteiger partial charge in [-0.15, -0.1) is 0 Å². The van der Waals surface area contributed by atoms with Crippen LogP contribution in [0.1, 0.15) is 101 Å². The molecule has 6 atom stereocenters. The Hall–Kier alpha value is -7.27. The first-order valence-electron chi connectivity index (χ1n) is 24.3. The fourth-order valence-electron chi connectivity index (χ4n) is 8.59. The van der Waals surface area contributed by atoms with Crippen LogP contribution < -0.4 is 36.6 Å². The Morgan fingerprint density at radius 1 is 0.775 bits per heavy atom. The molecule has 1 fully saturated rings. The molecule has 2 unspecified atom stereocenters. The van der Waals surface area contributed by atoms with E-state index in [0.717, 1.165) is 24.8 Å². The zero-order valence-electron chi connectivity index (χ0n) is 40.7. The molecular weight excluding hydrogens is 909 g/mol.